The maximum absolute atomic E-state index is 13.6. The zero-order chi connectivity index (χ0) is 33.5. The van der Waals surface area contributed by atoms with Gasteiger partial charge >= 0.3 is 5.97 Å². The highest BCUT2D eigenvalue weighted by Crippen LogP contribution is 2.37. The first-order valence-corrected chi connectivity index (χ1v) is 18.2. The van der Waals surface area contributed by atoms with E-state index in [0.717, 1.165) is 50.5 Å². The molecular weight excluding hydrogens is 648 g/mol. The van der Waals surface area contributed by atoms with E-state index in [-0.39, 0.29) is 6.04 Å². The first-order valence-electron chi connectivity index (χ1n) is 15.5. The molecule has 0 bridgehead atoms. The van der Waals surface area contributed by atoms with Crippen molar-refractivity contribution in [2.45, 2.75) is 52.4 Å². The van der Waals surface area contributed by atoms with E-state index in [9.17, 15) is 14.7 Å². The molecule has 47 heavy (non-hydrogen) atoms. The van der Waals surface area contributed by atoms with E-state index in [2.05, 4.69) is 53.0 Å². The van der Waals surface area contributed by atoms with E-state index in [0.29, 0.717) is 35.8 Å². The number of carbonyl (C=O) groups excluding carboxylic acids is 1. The zero-order valence-corrected chi connectivity index (χ0v) is 29.3. The molecule has 2 heterocycles. The summed E-state index contributed by atoms with van der Waals surface area (Å²) in [6, 6.07) is 25.0. The quantitative estimate of drug-likeness (QED) is 0.121. The third-order valence-corrected chi connectivity index (χ3v) is 9.75. The molecule has 0 fully saturated rings. The van der Waals surface area contributed by atoms with Crippen molar-refractivity contribution in [2.24, 2.45) is 0 Å². The van der Waals surface area contributed by atoms with Gasteiger partial charge in [0.2, 0.25) is 0 Å². The Morgan fingerprint density at radius 2 is 1.72 bits per heavy atom. The van der Waals surface area contributed by atoms with Crippen LogP contribution in [0.2, 0.25) is 5.02 Å². The number of nitrogens with one attached hydrogen (secondary N) is 1. The van der Waals surface area contributed by atoms with Gasteiger partial charge in [-0.25, -0.2) is 4.79 Å². The Bertz CT molecular complexity index is 1820. The van der Waals surface area contributed by atoms with Crippen LogP contribution in [0.25, 0.3) is 33.6 Å². The number of thiophene rings is 1. The minimum atomic E-state index is -1.03. The van der Waals surface area contributed by atoms with Crippen molar-refractivity contribution in [1.82, 2.24) is 10.2 Å². The largest absolute Gasteiger partial charge is 0.480 e. The van der Waals surface area contributed by atoms with Gasteiger partial charge in [-0.2, -0.15) is 23.1 Å². The Balaban J connectivity index is 1.46. The lowest BCUT2D eigenvalue weighted by Crippen LogP contribution is -2.41. The molecule has 0 saturated heterocycles. The number of hydrogen-bond donors (Lipinski definition) is 2. The van der Waals surface area contributed by atoms with Crippen LogP contribution >= 0.6 is 34.7 Å². The van der Waals surface area contributed by atoms with Crippen LogP contribution in [0, 0.1) is 6.92 Å². The van der Waals surface area contributed by atoms with E-state index in [4.69, 9.17) is 16.0 Å². The Labute approximate surface area is 289 Å². The lowest BCUT2D eigenvalue weighted by molar-refractivity contribution is -0.139. The smallest absolute Gasteiger partial charge is 0.326 e. The summed E-state index contributed by atoms with van der Waals surface area (Å²) in [7, 11) is 0. The molecule has 244 valence electrons. The van der Waals surface area contributed by atoms with E-state index in [1.54, 1.807) is 23.1 Å². The third-order valence-electron chi connectivity index (χ3n) is 8.17. The van der Waals surface area contributed by atoms with Gasteiger partial charge in [-0.1, -0.05) is 41.9 Å². The SMILES string of the molecule is CSCC[C@H](NC(=O)c1ccc(CN(Cc2cc(-c3ccsc3)c(-c3ccc(Cl)cc3)o2)C(C)C)cc1-c1ccccc1C)C(=O)O. The average molecular weight is 687 g/mol. The van der Waals surface area contributed by atoms with Gasteiger partial charge in [0.25, 0.3) is 5.91 Å². The molecule has 2 N–H and O–H groups in total. The van der Waals surface area contributed by atoms with Crippen molar-refractivity contribution in [3.8, 4) is 33.6 Å². The number of halogens is 1. The topological polar surface area (TPSA) is 82.8 Å². The van der Waals surface area contributed by atoms with E-state index >= 15 is 0 Å². The summed E-state index contributed by atoms with van der Waals surface area (Å²) in [5, 5.41) is 17.4. The van der Waals surface area contributed by atoms with Gasteiger partial charge in [-0.05, 0) is 126 Å². The predicted molar refractivity (Wildman–Crippen MR) is 195 cm³/mol. The van der Waals surface area contributed by atoms with Crippen LogP contribution in [0.3, 0.4) is 0 Å². The molecule has 6 nitrogen and oxygen atoms in total. The van der Waals surface area contributed by atoms with Crippen LogP contribution in [-0.2, 0) is 17.9 Å². The predicted octanol–water partition coefficient (Wildman–Crippen LogP) is 9.65. The number of benzene rings is 3. The number of hydrogen-bond acceptors (Lipinski definition) is 6. The van der Waals surface area contributed by atoms with Gasteiger partial charge in [-0.3, -0.25) is 9.69 Å². The molecule has 0 aliphatic heterocycles. The summed E-state index contributed by atoms with van der Waals surface area (Å²) in [6.07, 6.45) is 2.27. The van der Waals surface area contributed by atoms with E-state index < -0.39 is 17.9 Å². The van der Waals surface area contributed by atoms with Crippen molar-refractivity contribution >= 4 is 46.6 Å². The third kappa shape index (κ3) is 8.56. The van der Waals surface area contributed by atoms with Crippen molar-refractivity contribution in [3.05, 3.63) is 117 Å². The molecule has 5 rings (SSSR count). The number of carboxylic acids is 1. The Morgan fingerprint density at radius 3 is 2.38 bits per heavy atom. The molecule has 0 aliphatic rings. The highest BCUT2D eigenvalue weighted by Gasteiger charge is 2.24. The maximum Gasteiger partial charge on any atom is 0.326 e. The number of furan rings is 1. The number of nitrogens with zero attached hydrogens (tertiary/aromatic N) is 1. The van der Waals surface area contributed by atoms with Gasteiger partial charge in [0, 0.05) is 34.3 Å². The zero-order valence-electron chi connectivity index (χ0n) is 27.0. The summed E-state index contributed by atoms with van der Waals surface area (Å²) >= 11 is 9.38. The summed E-state index contributed by atoms with van der Waals surface area (Å²) in [4.78, 5) is 27.8. The fourth-order valence-electron chi connectivity index (χ4n) is 5.54. The highest BCUT2D eigenvalue weighted by atomic mass is 35.5. The molecule has 0 radical (unpaired) electrons. The number of aryl methyl sites for hydroxylation is 1. The van der Waals surface area contributed by atoms with Crippen molar-refractivity contribution in [2.75, 3.05) is 12.0 Å². The molecule has 0 spiro atoms. The van der Waals surface area contributed by atoms with Crippen LogP contribution in [-0.4, -0.2) is 46.0 Å². The van der Waals surface area contributed by atoms with Crippen molar-refractivity contribution in [3.63, 3.8) is 0 Å². The van der Waals surface area contributed by atoms with E-state index in [1.807, 2.05) is 73.8 Å². The maximum atomic E-state index is 13.6. The first-order chi connectivity index (χ1) is 22.6. The lowest BCUT2D eigenvalue weighted by atomic mass is 9.93. The van der Waals surface area contributed by atoms with Gasteiger partial charge in [-0.15, -0.1) is 0 Å². The fourth-order valence-corrected chi connectivity index (χ4v) is 6.79. The van der Waals surface area contributed by atoms with Crippen LogP contribution in [0.4, 0.5) is 0 Å². The Kier molecular flexibility index (Phi) is 11.6. The van der Waals surface area contributed by atoms with Crippen molar-refractivity contribution in [1.29, 1.82) is 0 Å². The Morgan fingerprint density at radius 1 is 0.957 bits per heavy atom. The second kappa shape index (κ2) is 15.8. The molecule has 0 aliphatic carbocycles. The Hall–Kier alpha value is -3.82. The molecular formula is C38H39ClN2O4S2. The van der Waals surface area contributed by atoms with E-state index in [1.165, 1.54) is 0 Å². The standard InChI is InChI=1S/C38H39ClN2O4S2/c1-24(2)41(22-30-20-33(28-15-18-47-23-28)36(45-30)27-10-12-29(39)13-11-27)21-26-9-14-32(34(19-26)31-8-6-5-7-25(31)3)37(42)40-35(38(43)44)16-17-46-4/h5-15,18-20,23-24,35H,16-17,21-22H2,1-4H3,(H,40,42)(H,43,44)/t35-/m0/s1. The molecule has 2 aromatic heterocycles. The molecule has 0 unspecified atom stereocenters. The molecule has 0 saturated carbocycles. The number of rotatable bonds is 14. The average Bonchev–Trinajstić information content (AvgIpc) is 3.74. The van der Waals surface area contributed by atoms with Crippen molar-refractivity contribution < 1.29 is 19.1 Å². The normalized spacial score (nSPS) is 12.1. The number of amides is 1. The number of aliphatic carboxylic acids is 1. The summed E-state index contributed by atoms with van der Waals surface area (Å²) in [6.45, 7) is 7.54. The van der Waals surface area contributed by atoms with Gasteiger partial charge < -0.3 is 14.8 Å². The van der Waals surface area contributed by atoms with Crippen LogP contribution in [0.1, 0.15) is 47.5 Å². The first kappa shape index (κ1) is 34.5. The lowest BCUT2D eigenvalue weighted by Gasteiger charge is -2.26. The van der Waals surface area contributed by atoms with Crippen LogP contribution in [0.5, 0.6) is 0 Å². The minimum Gasteiger partial charge on any atom is -0.480 e. The van der Waals surface area contributed by atoms with Crippen LogP contribution in [0.15, 0.2) is 94.0 Å². The van der Waals surface area contributed by atoms with Gasteiger partial charge in [0.05, 0.1) is 6.54 Å². The van der Waals surface area contributed by atoms with Crippen LogP contribution < -0.4 is 5.32 Å². The monoisotopic (exact) mass is 686 g/mol. The molecule has 1 atom stereocenters. The molecule has 3 aromatic carbocycles. The second-order valence-corrected chi connectivity index (χ2v) is 14.0. The minimum absolute atomic E-state index is 0.196. The molecule has 9 heteroatoms. The summed E-state index contributed by atoms with van der Waals surface area (Å²) in [5.74, 6) is 0.874. The second-order valence-electron chi connectivity index (χ2n) is 11.8. The molecule has 5 aromatic rings. The highest BCUT2D eigenvalue weighted by molar-refractivity contribution is 7.98. The fraction of sp³-hybridized carbons (Fsp3) is 0.263. The summed E-state index contributed by atoms with van der Waals surface area (Å²) in [5.41, 5.74) is 7.35. The van der Waals surface area contributed by atoms with Gasteiger partial charge in [0.1, 0.15) is 17.6 Å². The number of thioether (sulfide) groups is 1. The summed E-state index contributed by atoms with van der Waals surface area (Å²) < 4.78 is 6.54. The molecule has 1 amide bonds. The number of carbonyl (C=O) groups is 2. The van der Waals surface area contributed by atoms with Gasteiger partial charge in [0.15, 0.2) is 0 Å². The number of carboxylic acid groups (broad SMARTS) is 1.